The van der Waals surface area contributed by atoms with Gasteiger partial charge in [0.2, 0.25) is 0 Å². The molecule has 4 aliphatic carbocycles. The Morgan fingerprint density at radius 2 is 1.53 bits per heavy atom. The Morgan fingerprint density at radius 1 is 0.891 bits per heavy atom. The van der Waals surface area contributed by atoms with Gasteiger partial charge in [-0.25, -0.2) is 9.59 Å². The number of rotatable bonds is 13. The number of benzene rings is 2. The number of Topliss-reactive ketones (excluding diaryl/α,β-unsaturated/α-hetero) is 2. The third kappa shape index (κ3) is 7.93. The number of hydrogen-bond donors (Lipinski definition) is 1. The lowest BCUT2D eigenvalue weighted by atomic mass is 9.44. The largest absolute Gasteiger partial charge is 0.509 e. The van der Waals surface area contributed by atoms with E-state index in [0.717, 1.165) is 0 Å². The zero-order valence-electron chi connectivity index (χ0n) is 38.1. The van der Waals surface area contributed by atoms with Gasteiger partial charge in [0.25, 0.3) is 0 Å². The summed E-state index contributed by atoms with van der Waals surface area (Å²) in [5.41, 5.74) is -6.18. The van der Waals surface area contributed by atoms with Crippen LogP contribution >= 0.6 is 0 Å². The van der Waals surface area contributed by atoms with Gasteiger partial charge in [-0.1, -0.05) is 83.1 Å². The molecule has 15 heteroatoms. The van der Waals surface area contributed by atoms with Gasteiger partial charge in [0.1, 0.15) is 42.2 Å². The standard InChI is InChI=1S/C49H62O14Si/c1-9-64(10-2,11-3)63-36-25-37-48(28-58-37,62-30(5)50)40-42(61-43(53)32-21-16-13-17-22-32)49(56)26-35(59-44(54)33-23-18-24-34(33)51)29(4)38(46(49,6)7)39(41(52)47(36,40)8)60-45(55)57-27-31-19-14-12-15-20-31/h12-17,19-22,33,35-37,39-40,42,56H,9-11,18,23-28H2,1-8H3/t33?,35-,36-,37+,39+,40?,42-,47+,48-,49+/m0/s1. The van der Waals surface area contributed by atoms with Crippen molar-refractivity contribution >= 4 is 43.9 Å². The summed E-state index contributed by atoms with van der Waals surface area (Å²) in [5, 5.41) is 14.0. The molecular weight excluding hydrogens is 841 g/mol. The second kappa shape index (κ2) is 17.9. The van der Waals surface area contributed by atoms with Crippen molar-refractivity contribution in [1.29, 1.82) is 0 Å². The number of ketones is 2. The van der Waals surface area contributed by atoms with Crippen LogP contribution in [0.3, 0.4) is 0 Å². The maximum atomic E-state index is 16.5. The number of hydrogen-bond acceptors (Lipinski definition) is 14. The predicted octanol–water partition coefficient (Wildman–Crippen LogP) is 7.39. The summed E-state index contributed by atoms with van der Waals surface area (Å²) in [6.45, 7) is 13.6. The Hall–Kier alpha value is -4.70. The molecule has 2 aromatic rings. The number of esters is 3. The molecule has 7 rings (SSSR count). The number of aliphatic hydroxyl groups is 1. The highest BCUT2D eigenvalue weighted by Gasteiger charge is 2.79. The van der Waals surface area contributed by atoms with Crippen molar-refractivity contribution in [2.24, 2.45) is 22.7 Å². The van der Waals surface area contributed by atoms with Gasteiger partial charge >= 0.3 is 24.1 Å². The summed E-state index contributed by atoms with van der Waals surface area (Å²) in [6.07, 6.45) is -7.10. The fourth-order valence-electron chi connectivity index (χ4n) is 11.4. The summed E-state index contributed by atoms with van der Waals surface area (Å²) in [4.78, 5) is 85.3. The van der Waals surface area contributed by atoms with Crippen LogP contribution in [0.25, 0.3) is 0 Å². The zero-order chi connectivity index (χ0) is 46.4. The normalized spacial score (nSPS) is 33.0. The van der Waals surface area contributed by atoms with Gasteiger partial charge in [0.05, 0.1) is 29.6 Å². The maximum Gasteiger partial charge on any atom is 0.509 e. The molecule has 2 bridgehead atoms. The van der Waals surface area contributed by atoms with Gasteiger partial charge < -0.3 is 38.0 Å². The van der Waals surface area contributed by atoms with Crippen LogP contribution in [-0.2, 0) is 58.6 Å². The van der Waals surface area contributed by atoms with Crippen molar-refractivity contribution in [3.8, 4) is 0 Å². The Labute approximate surface area is 375 Å². The second-order valence-electron chi connectivity index (χ2n) is 19.0. The molecule has 4 fully saturated rings. The van der Waals surface area contributed by atoms with Gasteiger partial charge in [-0.3, -0.25) is 19.2 Å². The van der Waals surface area contributed by atoms with E-state index in [0.29, 0.717) is 35.7 Å². The first-order valence-electron chi connectivity index (χ1n) is 22.7. The van der Waals surface area contributed by atoms with Gasteiger partial charge in [0.15, 0.2) is 25.8 Å². The van der Waals surface area contributed by atoms with Crippen LogP contribution in [0.4, 0.5) is 4.79 Å². The second-order valence-corrected chi connectivity index (χ2v) is 23.7. The number of carbonyl (C=O) groups is 6. The van der Waals surface area contributed by atoms with E-state index >= 15 is 4.79 Å². The summed E-state index contributed by atoms with van der Waals surface area (Å²) >= 11 is 0. The highest BCUT2D eigenvalue weighted by atomic mass is 28.4. The van der Waals surface area contributed by atoms with E-state index in [2.05, 4.69) is 0 Å². The van der Waals surface area contributed by atoms with Crippen LogP contribution in [-0.4, -0.2) is 97.4 Å². The molecule has 10 atom stereocenters. The molecule has 3 saturated carbocycles. The van der Waals surface area contributed by atoms with Gasteiger partial charge in [-0.2, -0.15) is 0 Å². The molecule has 0 spiro atoms. The van der Waals surface area contributed by atoms with Crippen molar-refractivity contribution in [2.45, 2.75) is 154 Å². The fraction of sp³-hybridized carbons (Fsp3) is 0.592. The molecule has 2 unspecified atom stereocenters. The number of carbonyl (C=O) groups excluding carboxylic acids is 6. The smallest absolute Gasteiger partial charge is 0.457 e. The molecule has 0 aromatic heterocycles. The number of ether oxygens (including phenoxy) is 6. The van der Waals surface area contributed by atoms with Crippen molar-refractivity contribution in [1.82, 2.24) is 0 Å². The lowest BCUT2D eigenvalue weighted by molar-refractivity contribution is -0.344. The quantitative estimate of drug-likeness (QED) is 0.0689. The van der Waals surface area contributed by atoms with Gasteiger partial charge in [-0.15, -0.1) is 0 Å². The summed E-state index contributed by atoms with van der Waals surface area (Å²) in [6, 6.07) is 19.2. The molecule has 1 saturated heterocycles. The summed E-state index contributed by atoms with van der Waals surface area (Å²) < 4.78 is 44.7. The molecule has 1 aliphatic heterocycles. The Kier molecular flexibility index (Phi) is 13.2. The SMILES string of the molecule is CC[Si](CC)(CC)O[C@H]1C[C@H]2OC[C@@]2(OC(C)=O)C2[C@H](OC(=O)c3ccccc3)[C@]3(O)C[C@H](OC(=O)C4CCCC4=O)C(C)=C([C@@H](OC(=O)OCc4ccccc4)C(=O)[C@@]21C)C3(C)C. The van der Waals surface area contributed by atoms with Crippen molar-refractivity contribution in [3.05, 3.63) is 82.9 Å². The van der Waals surface area contributed by atoms with Crippen LogP contribution in [0.5, 0.6) is 0 Å². The van der Waals surface area contributed by atoms with Gasteiger partial charge in [0, 0.05) is 31.6 Å². The maximum absolute atomic E-state index is 16.5. The third-order valence-electron chi connectivity index (χ3n) is 15.5. The average Bonchev–Trinajstić information content (AvgIpc) is 3.71. The minimum absolute atomic E-state index is 0.0841. The third-order valence-corrected chi connectivity index (χ3v) is 20.1. The molecule has 1 N–H and O–H groups in total. The van der Waals surface area contributed by atoms with E-state index in [9.17, 15) is 29.1 Å². The van der Waals surface area contributed by atoms with E-state index in [1.807, 2.05) is 26.8 Å². The van der Waals surface area contributed by atoms with Crippen LogP contribution in [0.1, 0.15) is 103 Å². The molecule has 1 heterocycles. The lowest BCUT2D eigenvalue weighted by Gasteiger charge is -2.68. The molecule has 5 aliphatic rings. The fourth-order valence-corrected chi connectivity index (χ4v) is 14.4. The van der Waals surface area contributed by atoms with Crippen molar-refractivity contribution in [2.75, 3.05) is 6.61 Å². The van der Waals surface area contributed by atoms with Gasteiger partial charge in [-0.05, 0) is 73.7 Å². The van der Waals surface area contributed by atoms with Crippen LogP contribution in [0.15, 0.2) is 71.8 Å². The minimum Gasteiger partial charge on any atom is -0.457 e. The summed E-state index contributed by atoms with van der Waals surface area (Å²) in [5.74, 6) is -5.70. The highest BCUT2D eigenvalue weighted by molar-refractivity contribution is 6.73. The first-order valence-corrected chi connectivity index (χ1v) is 25.2. The van der Waals surface area contributed by atoms with E-state index in [4.69, 9.17) is 32.8 Å². The molecule has 2 aromatic carbocycles. The van der Waals surface area contributed by atoms with E-state index < -0.39 is 103 Å². The molecule has 0 amide bonds. The molecule has 14 nitrogen and oxygen atoms in total. The Bertz CT molecular complexity index is 2160. The van der Waals surface area contributed by atoms with E-state index in [1.54, 1.807) is 82.3 Å². The summed E-state index contributed by atoms with van der Waals surface area (Å²) in [7, 11) is -2.63. The monoisotopic (exact) mass is 902 g/mol. The molecular formula is C49H62O14Si. The minimum atomic E-state index is -2.63. The molecule has 64 heavy (non-hydrogen) atoms. The Balaban J connectivity index is 1.49. The molecule has 346 valence electrons. The number of fused-ring (bicyclic) bond motifs is 5. The Morgan fingerprint density at radius 3 is 2.09 bits per heavy atom. The average molecular weight is 903 g/mol. The van der Waals surface area contributed by atoms with E-state index in [1.165, 1.54) is 6.92 Å². The molecule has 0 radical (unpaired) electrons. The first kappa shape index (κ1) is 47.3. The highest BCUT2D eigenvalue weighted by Crippen LogP contribution is 2.65. The first-order chi connectivity index (χ1) is 30.3. The van der Waals surface area contributed by atoms with E-state index in [-0.39, 0.29) is 55.8 Å². The van der Waals surface area contributed by atoms with Crippen molar-refractivity contribution < 1.29 is 66.7 Å². The zero-order valence-corrected chi connectivity index (χ0v) is 39.1. The topological polar surface area (TPSA) is 187 Å². The van der Waals surface area contributed by atoms with Crippen LogP contribution in [0, 0.1) is 22.7 Å². The lowest BCUT2D eigenvalue weighted by Crippen LogP contribution is -2.82. The van der Waals surface area contributed by atoms with Crippen molar-refractivity contribution in [3.63, 3.8) is 0 Å². The van der Waals surface area contributed by atoms with Crippen LogP contribution in [0.2, 0.25) is 18.1 Å². The predicted molar refractivity (Wildman–Crippen MR) is 233 cm³/mol. The van der Waals surface area contributed by atoms with Crippen LogP contribution < -0.4 is 0 Å².